The molecule has 1 rings (SSSR count). The van der Waals surface area contributed by atoms with Crippen molar-refractivity contribution >= 4 is 27.7 Å². The topological polar surface area (TPSA) is 80.5 Å². The number of nitrogens with zero attached hydrogens (tertiary/aromatic N) is 1. The number of hydrogen-bond donors (Lipinski definition) is 1. The summed E-state index contributed by atoms with van der Waals surface area (Å²) in [4.78, 5) is 13.8. The largest absolute Gasteiger partial charge is 0.339 e. The molecular weight excluding hydrogens is 308 g/mol. The summed E-state index contributed by atoms with van der Waals surface area (Å²) in [6, 6.07) is 6.20. The SMILES string of the molecule is CCSCCC(=O)N(C)[C@@H](C)c1cccc(S(N)(=O)=O)c1. The zero-order valence-corrected chi connectivity index (χ0v) is 14.2. The molecule has 0 aliphatic carbocycles. The summed E-state index contributed by atoms with van der Waals surface area (Å²) in [5.41, 5.74) is 0.750. The molecule has 0 aromatic heterocycles. The van der Waals surface area contributed by atoms with E-state index in [2.05, 4.69) is 6.92 Å². The van der Waals surface area contributed by atoms with Gasteiger partial charge in [-0.05, 0) is 30.4 Å². The molecule has 1 aromatic carbocycles. The van der Waals surface area contributed by atoms with Gasteiger partial charge in [0.25, 0.3) is 0 Å². The van der Waals surface area contributed by atoms with Crippen LogP contribution in [-0.4, -0.2) is 37.8 Å². The average Bonchev–Trinajstić information content (AvgIpc) is 2.45. The van der Waals surface area contributed by atoms with Gasteiger partial charge in [-0.25, -0.2) is 13.6 Å². The Morgan fingerprint density at radius 2 is 2.10 bits per heavy atom. The number of benzene rings is 1. The molecule has 0 spiro atoms. The van der Waals surface area contributed by atoms with Gasteiger partial charge in [0.15, 0.2) is 0 Å². The van der Waals surface area contributed by atoms with Crippen LogP contribution in [0.4, 0.5) is 0 Å². The molecule has 0 fully saturated rings. The second-order valence-electron chi connectivity index (χ2n) is 4.75. The molecule has 0 saturated carbocycles. The molecule has 1 aromatic rings. The molecule has 2 N–H and O–H groups in total. The van der Waals surface area contributed by atoms with Crippen LogP contribution >= 0.6 is 11.8 Å². The minimum atomic E-state index is -3.73. The molecular formula is C14H22N2O3S2. The first-order chi connectivity index (χ1) is 9.77. The average molecular weight is 330 g/mol. The van der Waals surface area contributed by atoms with Crippen LogP contribution in [-0.2, 0) is 14.8 Å². The standard InChI is InChI=1S/C14H22N2O3S2/c1-4-20-9-8-14(17)16(3)11(2)12-6-5-7-13(10-12)21(15,18)19/h5-7,10-11H,4,8-9H2,1-3H3,(H2,15,18,19)/t11-/m0/s1. The zero-order chi connectivity index (χ0) is 16.0. The highest BCUT2D eigenvalue weighted by Crippen LogP contribution is 2.22. The Labute approximate surface area is 130 Å². The third kappa shape index (κ3) is 5.33. The molecule has 5 nitrogen and oxygen atoms in total. The van der Waals surface area contributed by atoms with Crippen molar-refractivity contribution in [1.82, 2.24) is 4.90 Å². The number of amides is 1. The van der Waals surface area contributed by atoms with Gasteiger partial charge in [0.2, 0.25) is 15.9 Å². The van der Waals surface area contributed by atoms with Crippen LogP contribution < -0.4 is 5.14 Å². The van der Waals surface area contributed by atoms with Gasteiger partial charge >= 0.3 is 0 Å². The Kier molecular flexibility index (Phi) is 6.70. The van der Waals surface area contributed by atoms with Gasteiger partial charge in [-0.1, -0.05) is 19.1 Å². The molecule has 1 amide bonds. The molecule has 0 aliphatic rings. The first-order valence-electron chi connectivity index (χ1n) is 6.73. The van der Waals surface area contributed by atoms with Gasteiger partial charge in [-0.15, -0.1) is 0 Å². The van der Waals surface area contributed by atoms with Crippen molar-refractivity contribution in [1.29, 1.82) is 0 Å². The maximum absolute atomic E-state index is 12.1. The maximum atomic E-state index is 12.1. The van der Waals surface area contributed by atoms with Crippen LogP contribution in [0.25, 0.3) is 0 Å². The fraction of sp³-hybridized carbons (Fsp3) is 0.500. The lowest BCUT2D eigenvalue weighted by atomic mass is 10.1. The Morgan fingerprint density at radius 3 is 2.67 bits per heavy atom. The summed E-state index contributed by atoms with van der Waals surface area (Å²) in [6.07, 6.45) is 0.480. The Morgan fingerprint density at radius 1 is 1.43 bits per heavy atom. The van der Waals surface area contributed by atoms with Gasteiger partial charge in [-0.2, -0.15) is 11.8 Å². The second-order valence-corrected chi connectivity index (χ2v) is 7.70. The lowest BCUT2D eigenvalue weighted by Gasteiger charge is -2.25. The van der Waals surface area contributed by atoms with Crippen molar-refractivity contribution in [2.75, 3.05) is 18.6 Å². The number of sulfonamides is 1. The van der Waals surface area contributed by atoms with Crippen molar-refractivity contribution < 1.29 is 13.2 Å². The van der Waals surface area contributed by atoms with Gasteiger partial charge in [0, 0.05) is 19.2 Å². The van der Waals surface area contributed by atoms with Crippen LogP contribution in [0.3, 0.4) is 0 Å². The van der Waals surface area contributed by atoms with Crippen LogP contribution in [0.15, 0.2) is 29.2 Å². The maximum Gasteiger partial charge on any atom is 0.238 e. The van der Waals surface area contributed by atoms with Crippen molar-refractivity contribution in [3.8, 4) is 0 Å². The molecule has 0 radical (unpaired) electrons. The fourth-order valence-electron chi connectivity index (χ4n) is 1.87. The summed E-state index contributed by atoms with van der Waals surface area (Å²) in [5, 5.41) is 5.13. The second kappa shape index (κ2) is 7.82. The van der Waals surface area contributed by atoms with Crippen molar-refractivity contribution in [3.63, 3.8) is 0 Å². The Bertz CT molecular complexity index is 588. The van der Waals surface area contributed by atoms with Crippen LogP contribution in [0.5, 0.6) is 0 Å². The number of nitrogens with two attached hydrogens (primary N) is 1. The van der Waals surface area contributed by atoms with Crippen molar-refractivity contribution in [2.24, 2.45) is 5.14 Å². The van der Waals surface area contributed by atoms with E-state index in [-0.39, 0.29) is 16.8 Å². The highest BCUT2D eigenvalue weighted by atomic mass is 32.2. The molecule has 0 aliphatic heterocycles. The molecule has 0 unspecified atom stereocenters. The first kappa shape index (κ1) is 18.0. The zero-order valence-electron chi connectivity index (χ0n) is 12.6. The van der Waals surface area contributed by atoms with Crippen molar-refractivity contribution in [3.05, 3.63) is 29.8 Å². The number of hydrogen-bond acceptors (Lipinski definition) is 4. The molecule has 1 atom stereocenters. The molecule has 118 valence electrons. The fourth-order valence-corrected chi connectivity index (χ4v) is 3.05. The van der Waals surface area contributed by atoms with E-state index in [1.807, 2.05) is 6.92 Å². The van der Waals surface area contributed by atoms with Crippen molar-refractivity contribution in [2.45, 2.75) is 31.2 Å². The minimum Gasteiger partial charge on any atom is -0.339 e. The van der Waals surface area contributed by atoms with E-state index in [0.717, 1.165) is 17.1 Å². The van der Waals surface area contributed by atoms with E-state index in [1.165, 1.54) is 12.1 Å². The number of carbonyl (C=O) groups excluding carboxylic acids is 1. The molecule has 7 heteroatoms. The third-order valence-electron chi connectivity index (χ3n) is 3.31. The summed E-state index contributed by atoms with van der Waals surface area (Å²) < 4.78 is 22.8. The van der Waals surface area contributed by atoms with Gasteiger partial charge in [0.05, 0.1) is 10.9 Å². The number of primary sulfonamides is 1. The van der Waals surface area contributed by atoms with Gasteiger partial charge in [0.1, 0.15) is 0 Å². The van der Waals surface area contributed by atoms with Gasteiger partial charge in [-0.3, -0.25) is 4.79 Å². The summed E-state index contributed by atoms with van der Waals surface area (Å²) in [7, 11) is -2.00. The Balaban J connectivity index is 2.83. The first-order valence-corrected chi connectivity index (χ1v) is 9.43. The lowest BCUT2D eigenvalue weighted by Crippen LogP contribution is -2.30. The summed E-state index contributed by atoms with van der Waals surface area (Å²) in [6.45, 7) is 3.92. The molecule has 0 heterocycles. The highest BCUT2D eigenvalue weighted by Gasteiger charge is 2.18. The Hall–Kier alpha value is -1.05. The van der Waals surface area contributed by atoms with E-state index < -0.39 is 10.0 Å². The summed E-state index contributed by atoms with van der Waals surface area (Å²) >= 11 is 1.72. The normalized spacial score (nSPS) is 13.0. The minimum absolute atomic E-state index is 0.0458. The van der Waals surface area contributed by atoms with E-state index >= 15 is 0 Å². The number of rotatable bonds is 7. The highest BCUT2D eigenvalue weighted by molar-refractivity contribution is 7.99. The third-order valence-corrected chi connectivity index (χ3v) is 5.12. The van der Waals surface area contributed by atoms with Crippen LogP contribution in [0.1, 0.15) is 31.9 Å². The van der Waals surface area contributed by atoms with E-state index in [4.69, 9.17) is 5.14 Å². The predicted octanol–water partition coefficient (Wildman–Crippen LogP) is 2.00. The van der Waals surface area contributed by atoms with Crippen LogP contribution in [0.2, 0.25) is 0 Å². The molecule has 0 saturated heterocycles. The molecule has 21 heavy (non-hydrogen) atoms. The van der Waals surface area contributed by atoms with E-state index in [9.17, 15) is 13.2 Å². The smallest absolute Gasteiger partial charge is 0.238 e. The quantitative estimate of drug-likeness (QED) is 0.775. The monoisotopic (exact) mass is 330 g/mol. The molecule has 0 bridgehead atoms. The summed E-state index contributed by atoms with van der Waals surface area (Å²) in [5.74, 6) is 1.83. The van der Waals surface area contributed by atoms with E-state index in [0.29, 0.717) is 6.42 Å². The van der Waals surface area contributed by atoms with E-state index in [1.54, 1.807) is 35.8 Å². The predicted molar refractivity (Wildman–Crippen MR) is 86.6 cm³/mol. The van der Waals surface area contributed by atoms with Crippen LogP contribution in [0, 0.1) is 0 Å². The number of carbonyl (C=O) groups is 1. The van der Waals surface area contributed by atoms with Gasteiger partial charge < -0.3 is 4.90 Å². The lowest BCUT2D eigenvalue weighted by molar-refractivity contribution is -0.131. The number of thioether (sulfide) groups is 1.